The standard InChI is InChI=1S/C14H16N4O2/c15-14(3-7-20-8-4-14)13(19)18-12-2-6-17-11-1-5-16-9-10(11)12/h1-2,5-6,9H,3-4,7-8,15H2,(H,17,18,19). The van der Waals surface area contributed by atoms with E-state index in [9.17, 15) is 4.79 Å². The highest BCUT2D eigenvalue weighted by Crippen LogP contribution is 2.24. The van der Waals surface area contributed by atoms with Crippen molar-refractivity contribution in [1.82, 2.24) is 9.97 Å². The Hall–Kier alpha value is -2.05. The van der Waals surface area contributed by atoms with Crippen molar-refractivity contribution in [3.05, 3.63) is 30.7 Å². The maximum atomic E-state index is 12.4. The van der Waals surface area contributed by atoms with Crippen molar-refractivity contribution >= 4 is 22.5 Å². The van der Waals surface area contributed by atoms with Gasteiger partial charge in [-0.15, -0.1) is 0 Å². The summed E-state index contributed by atoms with van der Waals surface area (Å²) in [5.74, 6) is -0.183. The summed E-state index contributed by atoms with van der Waals surface area (Å²) >= 11 is 0. The minimum atomic E-state index is -0.865. The van der Waals surface area contributed by atoms with Crippen molar-refractivity contribution in [2.75, 3.05) is 18.5 Å². The van der Waals surface area contributed by atoms with E-state index in [1.54, 1.807) is 30.7 Å². The minimum Gasteiger partial charge on any atom is -0.381 e. The second-order valence-corrected chi connectivity index (χ2v) is 4.97. The van der Waals surface area contributed by atoms with Gasteiger partial charge in [-0.05, 0) is 25.0 Å². The lowest BCUT2D eigenvalue weighted by molar-refractivity contribution is -0.124. The molecule has 0 aromatic carbocycles. The molecule has 2 aromatic rings. The molecule has 0 unspecified atom stereocenters. The van der Waals surface area contributed by atoms with Gasteiger partial charge in [-0.25, -0.2) is 0 Å². The summed E-state index contributed by atoms with van der Waals surface area (Å²) < 4.78 is 5.26. The van der Waals surface area contributed by atoms with E-state index < -0.39 is 5.54 Å². The molecule has 104 valence electrons. The number of aromatic nitrogens is 2. The molecule has 1 aliphatic rings. The molecule has 6 heteroatoms. The number of hydrogen-bond donors (Lipinski definition) is 2. The van der Waals surface area contributed by atoms with Gasteiger partial charge in [0, 0.05) is 37.2 Å². The first-order valence-corrected chi connectivity index (χ1v) is 6.56. The van der Waals surface area contributed by atoms with E-state index in [4.69, 9.17) is 10.5 Å². The van der Waals surface area contributed by atoms with Crippen molar-refractivity contribution in [2.24, 2.45) is 5.73 Å². The SMILES string of the molecule is NC1(C(=O)Nc2ccnc3ccncc23)CCOCC1. The fraction of sp³-hybridized carbons (Fsp3) is 0.357. The van der Waals surface area contributed by atoms with Crippen LogP contribution in [0.5, 0.6) is 0 Å². The summed E-state index contributed by atoms with van der Waals surface area (Å²) in [5.41, 5.74) is 6.78. The minimum absolute atomic E-state index is 0.183. The lowest BCUT2D eigenvalue weighted by atomic mass is 9.90. The number of carbonyl (C=O) groups is 1. The smallest absolute Gasteiger partial charge is 0.244 e. The van der Waals surface area contributed by atoms with Gasteiger partial charge in [0.05, 0.1) is 11.2 Å². The molecular formula is C14H16N4O2. The van der Waals surface area contributed by atoms with E-state index in [0.717, 1.165) is 10.9 Å². The van der Waals surface area contributed by atoms with Crippen LogP contribution in [0.4, 0.5) is 5.69 Å². The third kappa shape index (κ3) is 2.35. The lowest BCUT2D eigenvalue weighted by Gasteiger charge is -2.31. The highest BCUT2D eigenvalue weighted by molar-refractivity contribution is 6.04. The third-order valence-corrected chi connectivity index (χ3v) is 3.63. The van der Waals surface area contributed by atoms with Crippen LogP contribution in [0.15, 0.2) is 30.7 Å². The van der Waals surface area contributed by atoms with Crippen molar-refractivity contribution in [2.45, 2.75) is 18.4 Å². The number of nitrogens with zero attached hydrogens (tertiary/aromatic N) is 2. The summed E-state index contributed by atoms with van der Waals surface area (Å²) in [6.07, 6.45) is 6.07. The number of nitrogens with one attached hydrogen (secondary N) is 1. The van der Waals surface area contributed by atoms with E-state index in [1.165, 1.54) is 0 Å². The molecule has 1 fully saturated rings. The Morgan fingerprint density at radius 3 is 2.90 bits per heavy atom. The predicted molar refractivity (Wildman–Crippen MR) is 75.1 cm³/mol. The van der Waals surface area contributed by atoms with Gasteiger partial charge < -0.3 is 15.8 Å². The second-order valence-electron chi connectivity index (χ2n) is 4.97. The molecule has 1 aliphatic heterocycles. The highest BCUT2D eigenvalue weighted by Gasteiger charge is 2.36. The van der Waals surface area contributed by atoms with Gasteiger partial charge in [0.1, 0.15) is 5.54 Å². The molecule has 0 saturated carbocycles. The number of amides is 1. The number of carbonyl (C=O) groups excluding carboxylic acids is 1. The predicted octanol–water partition coefficient (Wildman–Crippen LogP) is 1.08. The first-order valence-electron chi connectivity index (χ1n) is 6.56. The lowest BCUT2D eigenvalue weighted by Crippen LogP contribution is -2.54. The van der Waals surface area contributed by atoms with Gasteiger partial charge in [0.2, 0.25) is 5.91 Å². The number of hydrogen-bond acceptors (Lipinski definition) is 5. The molecule has 0 aliphatic carbocycles. The van der Waals surface area contributed by atoms with E-state index >= 15 is 0 Å². The molecular weight excluding hydrogens is 256 g/mol. The topological polar surface area (TPSA) is 90.1 Å². The van der Waals surface area contributed by atoms with Crippen LogP contribution in [0.1, 0.15) is 12.8 Å². The van der Waals surface area contributed by atoms with Crippen LogP contribution in [-0.4, -0.2) is 34.6 Å². The van der Waals surface area contributed by atoms with E-state index in [2.05, 4.69) is 15.3 Å². The number of ether oxygens (including phenoxy) is 1. The molecule has 0 spiro atoms. The third-order valence-electron chi connectivity index (χ3n) is 3.63. The number of anilines is 1. The maximum absolute atomic E-state index is 12.4. The van der Waals surface area contributed by atoms with Crippen molar-refractivity contribution in [3.8, 4) is 0 Å². The van der Waals surface area contributed by atoms with E-state index in [1.807, 2.05) is 0 Å². The fourth-order valence-electron chi connectivity index (χ4n) is 2.31. The normalized spacial score (nSPS) is 17.9. The monoisotopic (exact) mass is 272 g/mol. The number of nitrogens with two attached hydrogens (primary N) is 1. The molecule has 1 amide bonds. The Kier molecular flexibility index (Phi) is 3.33. The number of rotatable bonds is 2. The summed E-state index contributed by atoms with van der Waals surface area (Å²) in [6.45, 7) is 1.03. The van der Waals surface area contributed by atoms with Gasteiger partial charge in [-0.3, -0.25) is 14.8 Å². The first-order chi connectivity index (χ1) is 9.69. The van der Waals surface area contributed by atoms with E-state index in [0.29, 0.717) is 31.7 Å². The van der Waals surface area contributed by atoms with Gasteiger partial charge in [-0.1, -0.05) is 0 Å². The zero-order valence-electron chi connectivity index (χ0n) is 11.0. The molecule has 3 rings (SSSR count). The van der Waals surface area contributed by atoms with Crippen LogP contribution >= 0.6 is 0 Å². The summed E-state index contributed by atoms with van der Waals surface area (Å²) in [7, 11) is 0. The van der Waals surface area contributed by atoms with Crippen LogP contribution in [0.3, 0.4) is 0 Å². The van der Waals surface area contributed by atoms with Gasteiger partial charge in [0.25, 0.3) is 0 Å². The van der Waals surface area contributed by atoms with Crippen LogP contribution in [0.25, 0.3) is 10.9 Å². The Bertz CT molecular complexity index is 633. The summed E-state index contributed by atoms with van der Waals surface area (Å²) in [6, 6.07) is 3.56. The zero-order valence-corrected chi connectivity index (χ0v) is 11.0. The molecule has 2 aromatic heterocycles. The zero-order chi connectivity index (χ0) is 14.0. The largest absolute Gasteiger partial charge is 0.381 e. The Morgan fingerprint density at radius 1 is 1.30 bits per heavy atom. The van der Waals surface area contributed by atoms with Gasteiger partial charge in [0.15, 0.2) is 0 Å². The Morgan fingerprint density at radius 2 is 2.10 bits per heavy atom. The van der Waals surface area contributed by atoms with Gasteiger partial charge >= 0.3 is 0 Å². The van der Waals surface area contributed by atoms with Crippen molar-refractivity contribution in [1.29, 1.82) is 0 Å². The highest BCUT2D eigenvalue weighted by atomic mass is 16.5. The van der Waals surface area contributed by atoms with E-state index in [-0.39, 0.29) is 5.91 Å². The molecule has 0 atom stereocenters. The molecule has 6 nitrogen and oxygen atoms in total. The maximum Gasteiger partial charge on any atom is 0.244 e. The molecule has 0 radical (unpaired) electrons. The van der Waals surface area contributed by atoms with Gasteiger partial charge in [-0.2, -0.15) is 0 Å². The molecule has 3 N–H and O–H groups in total. The number of pyridine rings is 2. The van der Waals surface area contributed by atoms with Crippen LogP contribution in [0.2, 0.25) is 0 Å². The van der Waals surface area contributed by atoms with Crippen LogP contribution in [-0.2, 0) is 9.53 Å². The van der Waals surface area contributed by atoms with Crippen molar-refractivity contribution < 1.29 is 9.53 Å². The van der Waals surface area contributed by atoms with Crippen molar-refractivity contribution in [3.63, 3.8) is 0 Å². The van der Waals surface area contributed by atoms with Crippen LogP contribution < -0.4 is 11.1 Å². The average Bonchev–Trinajstić information content (AvgIpc) is 2.48. The Labute approximate surface area is 116 Å². The molecule has 0 bridgehead atoms. The molecule has 20 heavy (non-hydrogen) atoms. The average molecular weight is 272 g/mol. The first kappa shape index (κ1) is 13.0. The molecule has 1 saturated heterocycles. The number of fused-ring (bicyclic) bond motifs is 1. The Balaban J connectivity index is 1.87. The van der Waals surface area contributed by atoms with Crippen LogP contribution in [0, 0.1) is 0 Å². The second kappa shape index (κ2) is 5.15. The quantitative estimate of drug-likeness (QED) is 0.853. The summed E-state index contributed by atoms with van der Waals surface area (Å²) in [4.78, 5) is 20.7. The fourth-order valence-corrected chi connectivity index (χ4v) is 2.31. The summed E-state index contributed by atoms with van der Waals surface area (Å²) in [5, 5.41) is 3.70. The molecule has 3 heterocycles.